The van der Waals surface area contributed by atoms with E-state index in [0.717, 1.165) is 11.1 Å². The van der Waals surface area contributed by atoms with Crippen LogP contribution in [-0.4, -0.2) is 70.7 Å². The molecule has 5 rings (SSSR count). The van der Waals surface area contributed by atoms with Gasteiger partial charge in [-0.2, -0.15) is 0 Å². The lowest BCUT2D eigenvalue weighted by atomic mass is 9.78. The number of nitrogens with one attached hydrogen (secondary N) is 1. The summed E-state index contributed by atoms with van der Waals surface area (Å²) in [5, 5.41) is 32.2. The highest BCUT2D eigenvalue weighted by Gasteiger charge is 2.41. The Labute approximate surface area is 189 Å². The normalized spacial score (nSPS) is 21.2. The van der Waals surface area contributed by atoms with Crippen molar-refractivity contribution in [2.24, 2.45) is 0 Å². The van der Waals surface area contributed by atoms with Gasteiger partial charge in [-0.25, -0.2) is 4.79 Å². The fraction of sp³-hybridized carbons (Fsp3) is 0.286. The van der Waals surface area contributed by atoms with Gasteiger partial charge in [0, 0.05) is 30.1 Å². The molecule has 12 heteroatoms. The fourth-order valence-electron chi connectivity index (χ4n) is 4.54. The van der Waals surface area contributed by atoms with Crippen LogP contribution in [0.2, 0.25) is 0 Å². The molecule has 0 saturated carbocycles. The van der Waals surface area contributed by atoms with E-state index >= 15 is 0 Å². The van der Waals surface area contributed by atoms with Gasteiger partial charge in [-0.15, -0.1) is 0 Å². The number of carbonyl (C=O) groups is 3. The smallest absolute Gasteiger partial charge is 0.480 e. The van der Waals surface area contributed by atoms with Crippen molar-refractivity contribution in [3.8, 4) is 0 Å². The molecule has 4 N–H and O–H groups in total. The Kier molecular flexibility index (Phi) is 5.45. The highest BCUT2D eigenvalue weighted by Crippen LogP contribution is 2.23. The van der Waals surface area contributed by atoms with Crippen molar-refractivity contribution in [1.29, 1.82) is 0 Å². The first-order valence-corrected chi connectivity index (χ1v) is 10.5. The quantitative estimate of drug-likeness (QED) is 0.401. The van der Waals surface area contributed by atoms with Crippen LogP contribution in [0.4, 0.5) is 0 Å². The third-order valence-electron chi connectivity index (χ3n) is 6.31. The van der Waals surface area contributed by atoms with Crippen molar-refractivity contribution in [3.05, 3.63) is 58.7 Å². The summed E-state index contributed by atoms with van der Waals surface area (Å²) < 4.78 is 10.3. The van der Waals surface area contributed by atoms with Crippen molar-refractivity contribution in [1.82, 2.24) is 10.2 Å². The molecule has 2 atom stereocenters. The minimum atomic E-state index is -1.16. The molecule has 2 aromatic rings. The molecule has 3 heterocycles. The van der Waals surface area contributed by atoms with Gasteiger partial charge in [-0.1, -0.05) is 12.1 Å². The number of carboxylic acids is 1. The van der Waals surface area contributed by atoms with E-state index < -0.39 is 44.1 Å². The molecule has 1 saturated heterocycles. The minimum Gasteiger partial charge on any atom is -0.480 e. The van der Waals surface area contributed by atoms with Crippen LogP contribution < -0.4 is 16.2 Å². The topological polar surface area (TPSA) is 146 Å². The van der Waals surface area contributed by atoms with E-state index in [0.29, 0.717) is 16.5 Å². The van der Waals surface area contributed by atoms with Gasteiger partial charge in [0.25, 0.3) is 11.8 Å². The zero-order valence-electron chi connectivity index (χ0n) is 17.4. The van der Waals surface area contributed by atoms with Gasteiger partial charge in [0.2, 0.25) is 0 Å². The first kappa shape index (κ1) is 21.7. The van der Waals surface area contributed by atoms with Crippen LogP contribution in [0.15, 0.2) is 36.4 Å². The number of nitrogens with zero attached hydrogens (tertiary/aromatic N) is 1. The average Bonchev–Trinajstić information content (AvgIpc) is 3.50. The summed E-state index contributed by atoms with van der Waals surface area (Å²) in [7, 11) is -2.20. The molecule has 10 nitrogen and oxygen atoms in total. The van der Waals surface area contributed by atoms with Crippen LogP contribution in [0.3, 0.4) is 0 Å². The second kappa shape index (κ2) is 8.31. The largest absolute Gasteiger partial charge is 0.491 e. The van der Waals surface area contributed by atoms with Gasteiger partial charge >= 0.3 is 20.2 Å². The Morgan fingerprint density at radius 2 is 1.52 bits per heavy atom. The molecule has 0 unspecified atom stereocenters. The van der Waals surface area contributed by atoms with Crippen LogP contribution in [0.5, 0.6) is 0 Å². The third-order valence-corrected chi connectivity index (χ3v) is 6.31. The lowest BCUT2D eigenvalue weighted by Crippen LogP contribution is -2.42. The van der Waals surface area contributed by atoms with Crippen molar-refractivity contribution >= 4 is 42.9 Å². The number of aliphatic carboxylic acids is 1. The van der Waals surface area contributed by atoms with Crippen LogP contribution in [0, 0.1) is 0 Å². The number of rotatable bonds is 4. The predicted octanol–water partition coefficient (Wildman–Crippen LogP) is -1.78. The van der Waals surface area contributed by atoms with E-state index in [2.05, 4.69) is 5.32 Å². The summed E-state index contributed by atoms with van der Waals surface area (Å²) in [5.74, 6) is -2.10. The van der Waals surface area contributed by atoms with E-state index in [1.807, 2.05) is 0 Å². The summed E-state index contributed by atoms with van der Waals surface area (Å²) in [6.07, 6.45) is 0.0557. The van der Waals surface area contributed by atoms with Gasteiger partial charge in [-0.05, 0) is 46.3 Å². The van der Waals surface area contributed by atoms with Gasteiger partial charge in [0.05, 0.1) is 13.2 Å². The number of fused-ring (bicyclic) bond motifs is 2. The van der Waals surface area contributed by atoms with Crippen LogP contribution >= 0.6 is 0 Å². The number of amides is 2. The molecular weight excluding hydrogens is 430 g/mol. The number of hydrogen-bond donors (Lipinski definition) is 4. The minimum absolute atomic E-state index is 0.0222. The highest BCUT2D eigenvalue weighted by molar-refractivity contribution is 6.62. The molecule has 3 aliphatic heterocycles. The maximum absolute atomic E-state index is 13.1. The third kappa shape index (κ3) is 3.91. The van der Waals surface area contributed by atoms with Gasteiger partial charge in [0.15, 0.2) is 0 Å². The molecule has 0 radical (unpaired) electrons. The first-order valence-electron chi connectivity index (χ1n) is 10.5. The molecule has 2 amide bonds. The molecule has 0 aromatic heterocycles. The molecule has 0 spiro atoms. The number of benzene rings is 2. The zero-order valence-corrected chi connectivity index (χ0v) is 17.4. The highest BCUT2D eigenvalue weighted by atomic mass is 16.5. The maximum Gasteiger partial charge on any atom is 0.491 e. The number of carbonyl (C=O) groups excluding carboxylic acids is 2. The Hall–Kier alpha value is -3.18. The van der Waals surface area contributed by atoms with Crippen molar-refractivity contribution < 1.29 is 38.8 Å². The summed E-state index contributed by atoms with van der Waals surface area (Å²) in [6.45, 7) is 0.533. The molecule has 3 aliphatic rings. The molecule has 1 fully saturated rings. The Morgan fingerprint density at radius 3 is 2.12 bits per heavy atom. The zero-order chi connectivity index (χ0) is 23.3. The second-order valence-corrected chi connectivity index (χ2v) is 8.37. The van der Waals surface area contributed by atoms with Crippen molar-refractivity contribution in [3.63, 3.8) is 0 Å². The predicted molar refractivity (Wildman–Crippen MR) is 116 cm³/mol. The maximum atomic E-state index is 13.1. The van der Waals surface area contributed by atoms with E-state index in [4.69, 9.17) is 9.31 Å². The summed E-state index contributed by atoms with van der Waals surface area (Å²) in [6, 6.07) is 7.95. The van der Waals surface area contributed by atoms with E-state index in [1.54, 1.807) is 30.3 Å². The summed E-state index contributed by atoms with van der Waals surface area (Å²) in [4.78, 5) is 39.0. The Morgan fingerprint density at radius 1 is 0.939 bits per heavy atom. The second-order valence-electron chi connectivity index (χ2n) is 8.37. The van der Waals surface area contributed by atoms with Crippen LogP contribution in [0.25, 0.3) is 0 Å². The Balaban J connectivity index is 1.32. The molecule has 0 bridgehead atoms. The fourth-order valence-corrected chi connectivity index (χ4v) is 4.54. The summed E-state index contributed by atoms with van der Waals surface area (Å²) >= 11 is 0. The molecule has 168 valence electrons. The van der Waals surface area contributed by atoms with Crippen LogP contribution in [0.1, 0.15) is 38.3 Å². The first-order chi connectivity index (χ1) is 15.8. The lowest BCUT2D eigenvalue weighted by Gasteiger charge is -2.21. The molecule has 0 aliphatic carbocycles. The van der Waals surface area contributed by atoms with Crippen LogP contribution in [-0.2, 0) is 27.3 Å². The van der Waals surface area contributed by atoms with Gasteiger partial charge in [0.1, 0.15) is 6.04 Å². The monoisotopic (exact) mass is 450 g/mol. The number of carboxylic acid groups (broad SMARTS) is 1. The molecule has 33 heavy (non-hydrogen) atoms. The van der Waals surface area contributed by atoms with Crippen molar-refractivity contribution in [2.75, 3.05) is 6.54 Å². The standard InChI is InChI=1S/C21H20B2N2O8/c26-19(11-1-3-13-9-32-22(30)16(13)5-11)24-15-7-18(21(28)29)25(8-15)20(27)12-2-4-14-10-33-23(31)17(14)6-12/h1-6,15,18,30-31H,7-10H2,(H,24,26)(H,28,29)/t15-,18-/m0/s1. The summed E-state index contributed by atoms with van der Waals surface area (Å²) in [5.41, 5.74) is 3.13. The van der Waals surface area contributed by atoms with Gasteiger partial charge < -0.3 is 34.7 Å². The van der Waals surface area contributed by atoms with Gasteiger partial charge in [-0.3, -0.25) is 9.59 Å². The van der Waals surface area contributed by atoms with E-state index in [1.165, 1.54) is 11.0 Å². The number of hydrogen-bond acceptors (Lipinski definition) is 7. The van der Waals surface area contributed by atoms with Crippen molar-refractivity contribution in [2.45, 2.75) is 31.7 Å². The molecule has 2 aromatic carbocycles. The van der Waals surface area contributed by atoms with E-state index in [9.17, 15) is 29.5 Å². The SMILES string of the molecule is O=C(N[C@H]1C[C@@H](C(=O)O)N(C(=O)c2ccc3c(c2)B(O)OC3)C1)c1ccc2c(c1)B(O)OC2. The van der Waals surface area contributed by atoms with E-state index in [-0.39, 0.29) is 31.7 Å². The Bertz CT molecular complexity index is 1160. The lowest BCUT2D eigenvalue weighted by molar-refractivity contribution is -0.141. The number of likely N-dealkylation sites (tertiary alicyclic amines) is 1. The average molecular weight is 450 g/mol. The molecular formula is C21H20B2N2O8.